The Morgan fingerprint density at radius 3 is 2.36 bits per heavy atom. The second kappa shape index (κ2) is 8.39. The van der Waals surface area contributed by atoms with Gasteiger partial charge in [0, 0.05) is 11.1 Å². The molecule has 2 heterocycles. The van der Waals surface area contributed by atoms with Crippen LogP contribution in [0.3, 0.4) is 0 Å². The Morgan fingerprint density at radius 1 is 0.909 bits per heavy atom. The van der Waals surface area contributed by atoms with Gasteiger partial charge in [-0.05, 0) is 36.6 Å². The van der Waals surface area contributed by atoms with Gasteiger partial charge in [-0.3, -0.25) is 14.2 Å². The molecule has 5 aromatic rings. The Bertz CT molecular complexity index is 1530. The van der Waals surface area contributed by atoms with Gasteiger partial charge in [-0.25, -0.2) is 4.98 Å². The first-order valence-electron chi connectivity index (χ1n) is 10.9. The monoisotopic (exact) mass is 436 g/mol. The van der Waals surface area contributed by atoms with E-state index in [1.165, 1.54) is 0 Å². The number of anilines is 1. The smallest absolute Gasteiger partial charge is 0.278 e. The van der Waals surface area contributed by atoms with Crippen LogP contribution in [0.5, 0.6) is 0 Å². The van der Waals surface area contributed by atoms with E-state index in [9.17, 15) is 9.59 Å². The number of benzene rings is 3. The topological polar surface area (TPSA) is 68.9 Å². The minimum Gasteiger partial charge on any atom is -0.325 e. The van der Waals surface area contributed by atoms with Gasteiger partial charge >= 0.3 is 0 Å². The van der Waals surface area contributed by atoms with Crippen molar-refractivity contribution in [3.05, 3.63) is 106 Å². The summed E-state index contributed by atoms with van der Waals surface area (Å²) < 4.78 is 3.38. The van der Waals surface area contributed by atoms with Crippen LogP contribution in [0.25, 0.3) is 21.9 Å². The number of fused-ring (bicyclic) bond motifs is 3. The van der Waals surface area contributed by atoms with Crippen LogP contribution in [-0.4, -0.2) is 20.0 Å². The molecule has 1 N–H and O–H groups in total. The summed E-state index contributed by atoms with van der Waals surface area (Å²) in [6.07, 6.45) is 1.59. The predicted molar refractivity (Wildman–Crippen MR) is 132 cm³/mol. The van der Waals surface area contributed by atoms with Gasteiger partial charge in [0.1, 0.15) is 17.6 Å². The fraction of sp³-hybridized carbons (Fsp3) is 0.148. The number of para-hydroxylation sites is 2. The number of carbonyl (C=O) groups is 1. The zero-order chi connectivity index (χ0) is 22.9. The molecule has 0 fully saturated rings. The highest BCUT2D eigenvalue weighted by Gasteiger charge is 2.19. The number of hydrogen-bond acceptors (Lipinski definition) is 3. The van der Waals surface area contributed by atoms with E-state index in [1.54, 1.807) is 15.5 Å². The summed E-state index contributed by atoms with van der Waals surface area (Å²) in [4.78, 5) is 31.3. The van der Waals surface area contributed by atoms with Gasteiger partial charge in [0.25, 0.3) is 5.56 Å². The molecule has 0 aliphatic heterocycles. The van der Waals surface area contributed by atoms with Gasteiger partial charge in [-0.2, -0.15) is 0 Å². The van der Waals surface area contributed by atoms with Gasteiger partial charge in [0.05, 0.1) is 18.4 Å². The minimum atomic E-state index is -0.187. The van der Waals surface area contributed by atoms with Crippen molar-refractivity contribution in [3.8, 4) is 0 Å². The molecule has 0 atom stereocenters. The van der Waals surface area contributed by atoms with Crippen LogP contribution in [0.4, 0.5) is 5.69 Å². The standard InChI is InChI=1S/C27H24N4O2/c1-18-9-8-10-19(2)24(18)29-23(32)16-31-22-14-7-6-13-21(22)25-26(31)27(33)30(17-28-25)15-20-11-4-3-5-12-20/h3-14,17H,15-16H2,1-2H3,(H,29,32). The number of nitrogens with one attached hydrogen (secondary N) is 1. The highest BCUT2D eigenvalue weighted by Crippen LogP contribution is 2.26. The molecule has 33 heavy (non-hydrogen) atoms. The van der Waals surface area contributed by atoms with Crippen molar-refractivity contribution in [3.63, 3.8) is 0 Å². The number of rotatable bonds is 5. The van der Waals surface area contributed by atoms with Crippen LogP contribution in [0.1, 0.15) is 16.7 Å². The lowest BCUT2D eigenvalue weighted by molar-refractivity contribution is -0.116. The quantitative estimate of drug-likeness (QED) is 0.436. The van der Waals surface area contributed by atoms with Gasteiger partial charge in [-0.15, -0.1) is 0 Å². The number of nitrogens with zero attached hydrogens (tertiary/aromatic N) is 3. The molecule has 1 amide bonds. The van der Waals surface area contributed by atoms with Crippen molar-refractivity contribution in [2.45, 2.75) is 26.9 Å². The molecule has 6 heteroatoms. The number of aromatic nitrogens is 3. The summed E-state index contributed by atoms with van der Waals surface area (Å²) in [7, 11) is 0. The summed E-state index contributed by atoms with van der Waals surface area (Å²) in [5.41, 5.74) is 5.51. The Hall–Kier alpha value is -4.19. The van der Waals surface area contributed by atoms with E-state index in [2.05, 4.69) is 10.3 Å². The maximum atomic E-state index is 13.5. The fourth-order valence-electron chi connectivity index (χ4n) is 4.34. The molecule has 0 spiro atoms. The zero-order valence-electron chi connectivity index (χ0n) is 18.6. The molecule has 0 saturated carbocycles. The third kappa shape index (κ3) is 3.80. The van der Waals surface area contributed by atoms with Crippen molar-refractivity contribution in [2.24, 2.45) is 0 Å². The van der Waals surface area contributed by atoms with Crippen LogP contribution < -0.4 is 10.9 Å². The SMILES string of the molecule is Cc1cccc(C)c1NC(=O)Cn1c2ccccc2c2ncn(Cc3ccccc3)c(=O)c21. The van der Waals surface area contributed by atoms with E-state index in [0.717, 1.165) is 33.3 Å². The molecule has 0 aliphatic carbocycles. The first-order chi connectivity index (χ1) is 16.0. The van der Waals surface area contributed by atoms with Crippen LogP contribution in [0.2, 0.25) is 0 Å². The second-order valence-electron chi connectivity index (χ2n) is 8.28. The Balaban J connectivity index is 1.60. The molecule has 6 nitrogen and oxygen atoms in total. The summed E-state index contributed by atoms with van der Waals surface area (Å²) in [5, 5.41) is 3.89. The third-order valence-corrected chi connectivity index (χ3v) is 5.98. The first kappa shape index (κ1) is 20.7. The molecule has 3 aromatic carbocycles. The van der Waals surface area contributed by atoms with Crippen LogP contribution in [0, 0.1) is 13.8 Å². The van der Waals surface area contributed by atoms with E-state index in [4.69, 9.17) is 0 Å². The molecule has 0 radical (unpaired) electrons. The fourth-order valence-corrected chi connectivity index (χ4v) is 4.34. The lowest BCUT2D eigenvalue weighted by Gasteiger charge is -2.13. The second-order valence-corrected chi connectivity index (χ2v) is 8.28. The summed E-state index contributed by atoms with van der Waals surface area (Å²) >= 11 is 0. The van der Waals surface area contributed by atoms with Crippen molar-refractivity contribution in [2.75, 3.05) is 5.32 Å². The van der Waals surface area contributed by atoms with E-state index in [1.807, 2.05) is 86.6 Å². The van der Waals surface area contributed by atoms with Crippen molar-refractivity contribution in [1.82, 2.24) is 14.1 Å². The molecule has 5 rings (SSSR count). The summed E-state index contributed by atoms with van der Waals surface area (Å²) in [6, 6.07) is 23.4. The average Bonchev–Trinajstić information content (AvgIpc) is 3.13. The van der Waals surface area contributed by atoms with Gasteiger partial charge < -0.3 is 9.88 Å². The average molecular weight is 437 g/mol. The first-order valence-corrected chi connectivity index (χ1v) is 10.9. The van der Waals surface area contributed by atoms with E-state index >= 15 is 0 Å². The highest BCUT2D eigenvalue weighted by atomic mass is 16.2. The summed E-state index contributed by atoms with van der Waals surface area (Å²) in [6.45, 7) is 4.37. The maximum Gasteiger partial charge on any atom is 0.278 e. The molecule has 0 saturated heterocycles. The number of amides is 1. The lowest BCUT2D eigenvalue weighted by atomic mass is 10.1. The Labute approximate surface area is 191 Å². The predicted octanol–water partition coefficient (Wildman–Crippen LogP) is 4.66. The third-order valence-electron chi connectivity index (χ3n) is 5.98. The largest absolute Gasteiger partial charge is 0.325 e. The van der Waals surface area contributed by atoms with Crippen molar-refractivity contribution in [1.29, 1.82) is 0 Å². The van der Waals surface area contributed by atoms with Crippen molar-refractivity contribution < 1.29 is 4.79 Å². The molecule has 0 aliphatic rings. The van der Waals surface area contributed by atoms with E-state index in [0.29, 0.717) is 17.6 Å². The maximum absolute atomic E-state index is 13.5. The van der Waals surface area contributed by atoms with Crippen LogP contribution >= 0.6 is 0 Å². The normalized spacial score (nSPS) is 11.2. The Kier molecular flexibility index (Phi) is 5.26. The van der Waals surface area contributed by atoms with Crippen molar-refractivity contribution >= 4 is 33.5 Å². The van der Waals surface area contributed by atoms with Crippen LogP contribution in [0.15, 0.2) is 83.9 Å². The number of aryl methyl sites for hydroxylation is 2. The molecule has 2 aromatic heterocycles. The number of carbonyl (C=O) groups excluding carboxylic acids is 1. The van der Waals surface area contributed by atoms with E-state index in [-0.39, 0.29) is 18.0 Å². The zero-order valence-corrected chi connectivity index (χ0v) is 18.6. The molecular formula is C27H24N4O2. The minimum absolute atomic E-state index is 0.0179. The summed E-state index contributed by atoms with van der Waals surface area (Å²) in [5.74, 6) is -0.187. The molecule has 0 unspecified atom stereocenters. The van der Waals surface area contributed by atoms with Gasteiger partial charge in [-0.1, -0.05) is 66.7 Å². The highest BCUT2D eigenvalue weighted by molar-refractivity contribution is 6.06. The molecule has 0 bridgehead atoms. The number of hydrogen-bond donors (Lipinski definition) is 1. The lowest BCUT2D eigenvalue weighted by Crippen LogP contribution is -2.25. The van der Waals surface area contributed by atoms with E-state index < -0.39 is 0 Å². The Morgan fingerprint density at radius 2 is 1.61 bits per heavy atom. The van der Waals surface area contributed by atoms with Crippen LogP contribution in [-0.2, 0) is 17.9 Å². The van der Waals surface area contributed by atoms with Gasteiger partial charge in [0.15, 0.2) is 0 Å². The van der Waals surface area contributed by atoms with Gasteiger partial charge in [0.2, 0.25) is 5.91 Å². The molecule has 164 valence electrons. The molecular weight excluding hydrogens is 412 g/mol.